The molecule has 8 rings (SSSR count). The normalized spacial score (nSPS) is 29.9. The van der Waals surface area contributed by atoms with E-state index >= 15 is 0 Å². The number of amides is 4. The van der Waals surface area contributed by atoms with Crippen LogP contribution in [0.5, 0.6) is 0 Å². The Balaban J connectivity index is 1.44. The predicted molar refractivity (Wildman–Crippen MR) is 165 cm³/mol. The minimum absolute atomic E-state index is 0.339. The van der Waals surface area contributed by atoms with Gasteiger partial charge in [-0.3, -0.25) is 19.2 Å². The van der Waals surface area contributed by atoms with Crippen molar-refractivity contribution in [2.75, 3.05) is 9.80 Å². The molecule has 0 spiro atoms. The number of carbonyl (C=O) groups is 4. The van der Waals surface area contributed by atoms with Crippen molar-refractivity contribution in [2.45, 2.75) is 19.3 Å². The molecule has 4 amide bonds. The van der Waals surface area contributed by atoms with Crippen LogP contribution in [0.1, 0.15) is 16.7 Å². The fourth-order valence-corrected chi connectivity index (χ4v) is 9.16. The number of hydrogen-bond donors (Lipinski definition) is 0. The number of carbonyl (C=O) groups excluding carboxylic acids is 4. The van der Waals surface area contributed by atoms with Crippen molar-refractivity contribution in [3.63, 3.8) is 0 Å². The summed E-state index contributed by atoms with van der Waals surface area (Å²) in [6.07, 6.45) is 3.84. The van der Waals surface area contributed by atoms with Gasteiger partial charge in [-0.15, -0.1) is 0 Å². The van der Waals surface area contributed by atoms with Crippen LogP contribution < -0.4 is 9.80 Å². The van der Waals surface area contributed by atoms with E-state index in [1.54, 1.807) is 12.1 Å². The molecule has 9 heteroatoms. The molecule has 2 bridgehead atoms. The maximum absolute atomic E-state index is 14.5. The van der Waals surface area contributed by atoms with E-state index < -0.39 is 35.0 Å². The Morgan fingerprint density at radius 1 is 0.634 bits per heavy atom. The van der Waals surface area contributed by atoms with Gasteiger partial charge in [-0.25, -0.2) is 9.80 Å². The second-order valence-electron chi connectivity index (χ2n) is 11.3. The number of anilines is 2. The maximum atomic E-state index is 14.5. The summed E-state index contributed by atoms with van der Waals surface area (Å²) < 4.78 is 2.12. The molecule has 206 valence electrons. The van der Waals surface area contributed by atoms with Crippen molar-refractivity contribution in [3.05, 3.63) is 103 Å². The lowest BCUT2D eigenvalue weighted by molar-refractivity contribution is -0.140. The third-order valence-electron chi connectivity index (χ3n) is 9.19. The van der Waals surface area contributed by atoms with Gasteiger partial charge in [-0.2, -0.15) is 0 Å². The van der Waals surface area contributed by atoms with Crippen LogP contribution in [-0.2, 0) is 24.6 Å². The number of hydrogen-bond acceptors (Lipinski definition) is 4. The van der Waals surface area contributed by atoms with Crippen LogP contribution in [0, 0.1) is 43.4 Å². The van der Waals surface area contributed by atoms with Gasteiger partial charge >= 0.3 is 0 Å². The molecule has 5 aliphatic rings. The summed E-state index contributed by atoms with van der Waals surface area (Å²) >= 11 is 10.6. The summed E-state index contributed by atoms with van der Waals surface area (Å²) in [6, 6.07) is 18.5. The molecule has 0 N–H and O–H groups in total. The van der Waals surface area contributed by atoms with E-state index in [1.807, 2.05) is 74.5 Å². The first-order valence-electron chi connectivity index (χ1n) is 13.3. The summed E-state index contributed by atoms with van der Waals surface area (Å²) in [5.74, 6) is -5.18. The zero-order valence-electron chi connectivity index (χ0n) is 22.0. The zero-order chi connectivity index (χ0) is 29.0. The first kappa shape index (κ1) is 27.0. The molecule has 4 unspecified atom stereocenters. The number of allylic oxidation sites excluding steroid dienone is 2. The van der Waals surface area contributed by atoms with Crippen LogP contribution in [0.25, 0.3) is 0 Å². The summed E-state index contributed by atoms with van der Waals surface area (Å²) in [6.45, 7) is 3.87. The molecule has 41 heavy (non-hydrogen) atoms. The number of nitrogens with zero attached hydrogens (tertiary/aromatic N) is 2. The average Bonchev–Trinajstić information content (AvgIpc) is 3.37. The number of aryl methyl sites for hydroxylation is 2. The molecule has 4 atom stereocenters. The highest BCUT2D eigenvalue weighted by atomic mass is 79.9. The molecule has 3 aliphatic carbocycles. The summed E-state index contributed by atoms with van der Waals surface area (Å²) in [4.78, 5) is 60.0. The number of imide groups is 2. The van der Waals surface area contributed by atoms with E-state index in [9.17, 15) is 19.2 Å². The SMILES string of the molecule is Cc1ccc(N2C(=O)C3C4C=CC(c5ccc(Br)cc5)(C3C2=O)C2C(=O)N(c3ccc(C)cc3Br)C(=O)C42)c(Br)c1. The second kappa shape index (κ2) is 9.31. The van der Waals surface area contributed by atoms with E-state index in [1.165, 1.54) is 9.80 Å². The lowest BCUT2D eigenvalue weighted by Gasteiger charge is -2.53. The third kappa shape index (κ3) is 3.58. The minimum Gasteiger partial charge on any atom is -0.274 e. The fourth-order valence-electron chi connectivity index (χ4n) is 7.55. The maximum Gasteiger partial charge on any atom is 0.238 e. The number of halogens is 3. The molecule has 3 aromatic carbocycles. The highest BCUT2D eigenvalue weighted by molar-refractivity contribution is 9.11. The Kier molecular flexibility index (Phi) is 6.13. The van der Waals surface area contributed by atoms with E-state index in [4.69, 9.17) is 0 Å². The van der Waals surface area contributed by atoms with Gasteiger partial charge in [0.1, 0.15) is 0 Å². The van der Waals surface area contributed by atoms with Crippen molar-refractivity contribution in [1.82, 2.24) is 0 Å². The van der Waals surface area contributed by atoms with Gasteiger partial charge in [0.05, 0.1) is 35.0 Å². The van der Waals surface area contributed by atoms with Gasteiger partial charge in [-0.05, 0) is 98.8 Å². The standard InChI is InChI=1S/C32H23Br3N2O4/c1-15-3-9-22(20(34)13-15)36-28(38)24-19-11-12-32(26(24)30(36)40,17-5-7-18(33)8-6-17)27-25(19)29(39)37(31(27)41)23-10-4-16(2)14-21(23)35/h3-14,19,24-27H,1-2H3. The lowest BCUT2D eigenvalue weighted by Crippen LogP contribution is -2.60. The first-order valence-corrected chi connectivity index (χ1v) is 15.7. The van der Waals surface area contributed by atoms with Crippen LogP contribution in [-0.4, -0.2) is 23.6 Å². The Bertz CT molecular complexity index is 1640. The van der Waals surface area contributed by atoms with Crippen LogP contribution >= 0.6 is 47.8 Å². The number of rotatable bonds is 3. The van der Waals surface area contributed by atoms with Gasteiger partial charge in [0.15, 0.2) is 0 Å². The number of benzene rings is 3. The minimum atomic E-state index is -1.18. The molecule has 3 aromatic rings. The zero-order valence-corrected chi connectivity index (χ0v) is 26.7. The van der Waals surface area contributed by atoms with Crippen molar-refractivity contribution in [3.8, 4) is 0 Å². The van der Waals surface area contributed by atoms with Crippen molar-refractivity contribution in [2.24, 2.45) is 29.6 Å². The highest BCUT2D eigenvalue weighted by Gasteiger charge is 2.75. The van der Waals surface area contributed by atoms with Crippen LogP contribution in [0.4, 0.5) is 11.4 Å². The summed E-state index contributed by atoms with van der Waals surface area (Å²) in [5.41, 5.74) is 2.47. The van der Waals surface area contributed by atoms with Gasteiger partial charge in [0.2, 0.25) is 23.6 Å². The van der Waals surface area contributed by atoms with Gasteiger partial charge in [0.25, 0.3) is 0 Å². The van der Waals surface area contributed by atoms with Crippen LogP contribution in [0.3, 0.4) is 0 Å². The van der Waals surface area contributed by atoms with Crippen LogP contribution in [0.2, 0.25) is 0 Å². The molecule has 6 nitrogen and oxygen atoms in total. The van der Waals surface area contributed by atoms with Crippen LogP contribution in [0.15, 0.2) is 86.2 Å². The molecule has 1 saturated carbocycles. The molecule has 2 aliphatic heterocycles. The fraction of sp³-hybridized carbons (Fsp3) is 0.250. The third-order valence-corrected chi connectivity index (χ3v) is 11.0. The van der Waals surface area contributed by atoms with E-state index in [0.29, 0.717) is 20.3 Å². The van der Waals surface area contributed by atoms with E-state index in [2.05, 4.69) is 47.8 Å². The lowest BCUT2D eigenvalue weighted by atomic mass is 9.45. The second-order valence-corrected chi connectivity index (χ2v) is 13.9. The Labute approximate surface area is 262 Å². The van der Waals surface area contributed by atoms with Crippen molar-refractivity contribution < 1.29 is 19.2 Å². The van der Waals surface area contributed by atoms with Gasteiger partial charge in [-0.1, -0.05) is 52.3 Å². The van der Waals surface area contributed by atoms with Crippen molar-refractivity contribution >= 4 is 82.8 Å². The van der Waals surface area contributed by atoms with Gasteiger partial charge in [0, 0.05) is 24.8 Å². The average molecular weight is 739 g/mol. The Morgan fingerprint density at radius 2 is 1.10 bits per heavy atom. The molecule has 2 saturated heterocycles. The van der Waals surface area contributed by atoms with Gasteiger partial charge < -0.3 is 0 Å². The largest absolute Gasteiger partial charge is 0.274 e. The smallest absolute Gasteiger partial charge is 0.238 e. The monoisotopic (exact) mass is 736 g/mol. The first-order chi connectivity index (χ1) is 19.6. The molecule has 0 aromatic heterocycles. The topological polar surface area (TPSA) is 74.8 Å². The molecule has 0 radical (unpaired) electrons. The predicted octanol–water partition coefficient (Wildman–Crippen LogP) is 6.64. The van der Waals surface area contributed by atoms with Crippen molar-refractivity contribution in [1.29, 1.82) is 0 Å². The Morgan fingerprint density at radius 3 is 1.54 bits per heavy atom. The summed E-state index contributed by atoms with van der Waals surface area (Å²) in [5, 5.41) is 0. The molecular formula is C32H23Br3N2O4. The highest BCUT2D eigenvalue weighted by Crippen LogP contribution is 2.65. The Hall–Kier alpha value is -2.88. The van der Waals surface area contributed by atoms with E-state index in [-0.39, 0.29) is 23.6 Å². The summed E-state index contributed by atoms with van der Waals surface area (Å²) in [7, 11) is 0. The molecule has 2 heterocycles. The van der Waals surface area contributed by atoms with E-state index in [0.717, 1.165) is 21.2 Å². The molecule has 3 fully saturated rings. The quantitative estimate of drug-likeness (QED) is 0.223. The molecular weight excluding hydrogens is 716 g/mol.